The summed E-state index contributed by atoms with van der Waals surface area (Å²) in [5, 5.41) is 9.35. The van der Waals surface area contributed by atoms with Crippen molar-refractivity contribution < 1.29 is 23.1 Å². The molecule has 2 N–H and O–H groups in total. The first-order valence-corrected chi connectivity index (χ1v) is 10.9. The minimum atomic E-state index is -4.01. The summed E-state index contributed by atoms with van der Waals surface area (Å²) in [5.41, 5.74) is 2.05. The first kappa shape index (κ1) is 22.0. The Morgan fingerprint density at radius 2 is 1.55 bits per heavy atom. The molecule has 0 amide bonds. The maximum Gasteiger partial charge on any atom is 0.335 e. The largest absolute Gasteiger partial charge is 0.478 e. The number of carbonyl (C=O) groups is 2. The summed E-state index contributed by atoms with van der Waals surface area (Å²) in [4.78, 5) is 24.7. The molecule has 0 bridgehead atoms. The number of anilines is 2. The van der Waals surface area contributed by atoms with Crippen LogP contribution < -0.4 is 9.62 Å². The highest BCUT2D eigenvalue weighted by Gasteiger charge is 2.19. The van der Waals surface area contributed by atoms with Crippen LogP contribution in [0.15, 0.2) is 77.7 Å². The van der Waals surface area contributed by atoms with Crippen LogP contribution in [0.25, 0.3) is 0 Å². The van der Waals surface area contributed by atoms with E-state index in [2.05, 4.69) is 4.72 Å². The number of sulfonamides is 1. The number of carboxylic acids is 1. The van der Waals surface area contributed by atoms with Crippen molar-refractivity contribution in [3.05, 3.63) is 89.5 Å². The molecule has 0 aliphatic carbocycles. The van der Waals surface area contributed by atoms with Gasteiger partial charge in [0.1, 0.15) is 0 Å². The lowest BCUT2D eigenvalue weighted by Crippen LogP contribution is -2.21. The number of carboxylic acid groups (broad SMARTS) is 1. The molecular formula is C23H22N2O5S. The van der Waals surface area contributed by atoms with Gasteiger partial charge in [0, 0.05) is 19.2 Å². The summed E-state index contributed by atoms with van der Waals surface area (Å²) in [6.07, 6.45) is 0. The van der Waals surface area contributed by atoms with Gasteiger partial charge < -0.3 is 10.0 Å². The SMILES string of the molecule is CC(=O)c1ccc(S(=O)(=O)Nc2cc(C(=O)O)ccc2N(C)Cc2ccccc2)cc1. The maximum atomic E-state index is 12.9. The molecule has 0 spiro atoms. The third-order valence-electron chi connectivity index (χ3n) is 4.73. The lowest BCUT2D eigenvalue weighted by molar-refractivity contribution is 0.0696. The Bertz CT molecular complexity index is 1210. The standard InChI is InChI=1S/C23H22N2O5S/c1-16(26)18-8-11-20(12-9-18)31(29,30)24-21-14-19(23(27)28)10-13-22(21)25(2)15-17-6-4-3-5-7-17/h3-14,24H,15H2,1-2H3,(H,27,28). The van der Waals surface area contributed by atoms with E-state index < -0.39 is 16.0 Å². The summed E-state index contributed by atoms with van der Waals surface area (Å²) >= 11 is 0. The van der Waals surface area contributed by atoms with Gasteiger partial charge in [0.2, 0.25) is 0 Å². The second-order valence-corrected chi connectivity index (χ2v) is 8.75. The van der Waals surface area contributed by atoms with Crippen LogP contribution in [-0.4, -0.2) is 32.3 Å². The van der Waals surface area contributed by atoms with E-state index in [0.717, 1.165) is 5.56 Å². The Hall–Kier alpha value is -3.65. The van der Waals surface area contributed by atoms with Gasteiger partial charge in [0.25, 0.3) is 10.0 Å². The van der Waals surface area contributed by atoms with Gasteiger partial charge in [-0.15, -0.1) is 0 Å². The molecule has 0 saturated carbocycles. The normalized spacial score (nSPS) is 11.0. The van der Waals surface area contributed by atoms with Crippen molar-refractivity contribution >= 4 is 33.2 Å². The average Bonchev–Trinajstić information content (AvgIpc) is 2.74. The molecule has 0 aromatic heterocycles. The first-order valence-electron chi connectivity index (χ1n) is 9.43. The number of rotatable bonds is 8. The lowest BCUT2D eigenvalue weighted by atomic mass is 10.1. The number of carbonyl (C=O) groups excluding carboxylic acids is 1. The second-order valence-electron chi connectivity index (χ2n) is 7.06. The summed E-state index contributed by atoms with van der Waals surface area (Å²) < 4.78 is 28.4. The van der Waals surface area contributed by atoms with E-state index in [4.69, 9.17) is 0 Å². The van der Waals surface area contributed by atoms with E-state index in [1.165, 1.54) is 43.3 Å². The molecule has 0 heterocycles. The number of ketones is 1. The van der Waals surface area contributed by atoms with Crippen LogP contribution in [0, 0.1) is 0 Å². The Labute approximate surface area is 181 Å². The Balaban J connectivity index is 1.96. The Morgan fingerprint density at radius 1 is 0.935 bits per heavy atom. The monoisotopic (exact) mass is 438 g/mol. The van der Waals surface area contributed by atoms with Crippen molar-refractivity contribution in [2.24, 2.45) is 0 Å². The highest BCUT2D eigenvalue weighted by atomic mass is 32.2. The van der Waals surface area contributed by atoms with Gasteiger partial charge in [-0.2, -0.15) is 0 Å². The Morgan fingerprint density at radius 3 is 2.13 bits per heavy atom. The smallest absolute Gasteiger partial charge is 0.335 e. The van der Waals surface area contributed by atoms with Gasteiger partial charge >= 0.3 is 5.97 Å². The molecule has 0 radical (unpaired) electrons. The average molecular weight is 439 g/mol. The molecule has 0 atom stereocenters. The van der Waals surface area contributed by atoms with E-state index in [1.54, 1.807) is 13.1 Å². The van der Waals surface area contributed by atoms with E-state index in [0.29, 0.717) is 17.8 Å². The zero-order chi connectivity index (χ0) is 22.6. The van der Waals surface area contributed by atoms with Crippen LogP contribution >= 0.6 is 0 Å². The molecule has 3 aromatic carbocycles. The van der Waals surface area contributed by atoms with Crippen molar-refractivity contribution in [1.29, 1.82) is 0 Å². The topological polar surface area (TPSA) is 104 Å². The zero-order valence-electron chi connectivity index (χ0n) is 17.1. The van der Waals surface area contributed by atoms with Gasteiger partial charge in [-0.25, -0.2) is 13.2 Å². The lowest BCUT2D eigenvalue weighted by Gasteiger charge is -2.23. The molecule has 160 valence electrons. The molecule has 0 aliphatic rings. The van der Waals surface area contributed by atoms with Crippen LogP contribution in [0.5, 0.6) is 0 Å². The number of Topliss-reactive ketones (excluding diaryl/α,β-unsaturated/α-hetero) is 1. The predicted molar refractivity (Wildman–Crippen MR) is 119 cm³/mol. The molecule has 3 rings (SSSR count). The van der Waals surface area contributed by atoms with Crippen molar-refractivity contribution in [1.82, 2.24) is 0 Å². The van der Waals surface area contributed by atoms with Crippen molar-refractivity contribution in [2.75, 3.05) is 16.7 Å². The third kappa shape index (κ3) is 5.29. The second kappa shape index (κ2) is 9.01. The molecule has 0 fully saturated rings. The van der Waals surface area contributed by atoms with Crippen LogP contribution in [0.4, 0.5) is 11.4 Å². The number of hydrogen-bond acceptors (Lipinski definition) is 5. The number of aromatic carboxylic acids is 1. The van der Waals surface area contributed by atoms with Crippen molar-refractivity contribution in [3.63, 3.8) is 0 Å². The van der Waals surface area contributed by atoms with Crippen molar-refractivity contribution in [2.45, 2.75) is 18.4 Å². The van der Waals surface area contributed by atoms with E-state index in [1.807, 2.05) is 35.2 Å². The quantitative estimate of drug-likeness (QED) is 0.515. The molecule has 7 nitrogen and oxygen atoms in total. The molecule has 8 heteroatoms. The predicted octanol–water partition coefficient (Wildman–Crippen LogP) is 4.02. The van der Waals surface area contributed by atoms with Crippen LogP contribution in [0.1, 0.15) is 33.2 Å². The fourth-order valence-corrected chi connectivity index (χ4v) is 4.16. The minimum Gasteiger partial charge on any atom is -0.478 e. The summed E-state index contributed by atoms with van der Waals surface area (Å²) in [7, 11) is -2.21. The van der Waals surface area contributed by atoms with Gasteiger partial charge in [-0.3, -0.25) is 9.52 Å². The molecule has 0 saturated heterocycles. The highest BCUT2D eigenvalue weighted by molar-refractivity contribution is 7.92. The van der Waals surface area contributed by atoms with E-state index in [9.17, 15) is 23.1 Å². The Kier molecular flexibility index (Phi) is 6.41. The molecular weight excluding hydrogens is 416 g/mol. The zero-order valence-corrected chi connectivity index (χ0v) is 17.9. The number of nitrogens with one attached hydrogen (secondary N) is 1. The fourth-order valence-electron chi connectivity index (χ4n) is 3.10. The molecule has 0 aliphatic heterocycles. The van der Waals surface area contributed by atoms with Gasteiger partial charge in [-0.05, 0) is 42.8 Å². The van der Waals surface area contributed by atoms with Gasteiger partial charge in [-0.1, -0.05) is 42.5 Å². The maximum absolute atomic E-state index is 12.9. The number of nitrogens with zero attached hydrogens (tertiary/aromatic N) is 1. The summed E-state index contributed by atoms with van der Waals surface area (Å²) in [5.74, 6) is -1.33. The first-order chi connectivity index (χ1) is 14.7. The molecule has 31 heavy (non-hydrogen) atoms. The van der Waals surface area contributed by atoms with Crippen LogP contribution in [-0.2, 0) is 16.6 Å². The molecule has 3 aromatic rings. The van der Waals surface area contributed by atoms with Gasteiger partial charge in [0.15, 0.2) is 5.78 Å². The van der Waals surface area contributed by atoms with Gasteiger partial charge in [0.05, 0.1) is 21.8 Å². The van der Waals surface area contributed by atoms with Crippen molar-refractivity contribution in [3.8, 4) is 0 Å². The number of benzene rings is 3. The van der Waals surface area contributed by atoms with E-state index in [-0.39, 0.29) is 21.9 Å². The number of hydrogen-bond donors (Lipinski definition) is 2. The third-order valence-corrected chi connectivity index (χ3v) is 6.11. The minimum absolute atomic E-state index is 0.0325. The summed E-state index contributed by atoms with van der Waals surface area (Å²) in [6, 6.07) is 19.5. The van der Waals surface area contributed by atoms with Crippen LogP contribution in [0.2, 0.25) is 0 Å². The molecule has 0 unspecified atom stereocenters. The van der Waals surface area contributed by atoms with Crippen LogP contribution in [0.3, 0.4) is 0 Å². The highest BCUT2D eigenvalue weighted by Crippen LogP contribution is 2.30. The van der Waals surface area contributed by atoms with E-state index >= 15 is 0 Å². The fraction of sp³-hybridized carbons (Fsp3) is 0.130. The summed E-state index contributed by atoms with van der Waals surface area (Å²) in [6.45, 7) is 1.89.